The number of rotatable bonds is 14. The first-order valence-corrected chi connectivity index (χ1v) is 8.97. The molecule has 3 heteroatoms. The fourth-order valence-electron chi connectivity index (χ4n) is 1.85. The molecule has 0 bridgehead atoms. The van der Waals surface area contributed by atoms with Crippen LogP contribution in [0.15, 0.2) is 23.6 Å². The Hall–Kier alpha value is -0.700. The summed E-state index contributed by atoms with van der Waals surface area (Å²) < 4.78 is 0. The quantitative estimate of drug-likeness (QED) is 0.325. The van der Waals surface area contributed by atoms with Gasteiger partial charge in [0.05, 0.1) is 0 Å². The predicted octanol–water partition coefficient (Wildman–Crippen LogP) is 5.80. The number of aliphatic carboxylic acids is 1. The lowest BCUT2D eigenvalue weighted by atomic mass is 10.1. The van der Waals surface area contributed by atoms with E-state index in [1.165, 1.54) is 37.9 Å². The molecule has 0 rings (SSSR count). The molecule has 0 amide bonds. The van der Waals surface area contributed by atoms with Gasteiger partial charge in [0.1, 0.15) is 0 Å². The zero-order valence-corrected chi connectivity index (χ0v) is 13.7. The Labute approximate surface area is 128 Å². The zero-order chi connectivity index (χ0) is 14.9. The number of allylic oxidation sites excluding steroid dienone is 3. The molecular formula is C17H30O2S. The van der Waals surface area contributed by atoms with Gasteiger partial charge in [0.25, 0.3) is 0 Å². The summed E-state index contributed by atoms with van der Waals surface area (Å²) in [7, 11) is 0. The van der Waals surface area contributed by atoms with Gasteiger partial charge in [-0.05, 0) is 36.8 Å². The maximum absolute atomic E-state index is 10.3. The third kappa shape index (κ3) is 17.3. The van der Waals surface area contributed by atoms with Gasteiger partial charge in [-0.1, -0.05) is 57.3 Å². The SMILES string of the molecule is CCCCCSC=CC=CCCCCCCCC(=O)O. The normalized spacial score (nSPS) is 11.7. The van der Waals surface area contributed by atoms with Crippen LogP contribution >= 0.6 is 11.8 Å². The molecule has 0 saturated carbocycles. The molecule has 0 aliphatic rings. The van der Waals surface area contributed by atoms with Crippen LogP contribution in [-0.2, 0) is 4.79 Å². The van der Waals surface area contributed by atoms with Gasteiger partial charge in [-0.2, -0.15) is 0 Å². The van der Waals surface area contributed by atoms with Crippen molar-refractivity contribution in [1.82, 2.24) is 0 Å². The fraction of sp³-hybridized carbons (Fsp3) is 0.706. The topological polar surface area (TPSA) is 37.3 Å². The Morgan fingerprint density at radius 2 is 1.75 bits per heavy atom. The van der Waals surface area contributed by atoms with Crippen molar-refractivity contribution in [3.8, 4) is 0 Å². The lowest BCUT2D eigenvalue weighted by Crippen LogP contribution is -1.93. The summed E-state index contributed by atoms with van der Waals surface area (Å²) in [6.45, 7) is 2.23. The highest BCUT2D eigenvalue weighted by atomic mass is 32.2. The van der Waals surface area contributed by atoms with Crippen LogP contribution in [0.4, 0.5) is 0 Å². The minimum Gasteiger partial charge on any atom is -0.481 e. The summed E-state index contributed by atoms with van der Waals surface area (Å²) in [5.41, 5.74) is 0. The van der Waals surface area contributed by atoms with Gasteiger partial charge in [0, 0.05) is 6.42 Å². The standard InChI is InChI=1S/C17H30O2S/c1-2-3-12-15-20-16-13-10-8-6-4-5-7-9-11-14-17(18)19/h8,10,13,16H,2-7,9,11-12,14-15H2,1H3,(H,18,19). The van der Waals surface area contributed by atoms with Crippen molar-refractivity contribution in [2.75, 3.05) is 5.75 Å². The monoisotopic (exact) mass is 298 g/mol. The second-order valence-corrected chi connectivity index (χ2v) is 6.05. The lowest BCUT2D eigenvalue weighted by Gasteiger charge is -1.97. The Morgan fingerprint density at radius 3 is 2.50 bits per heavy atom. The molecule has 0 aromatic carbocycles. The van der Waals surface area contributed by atoms with Crippen LogP contribution in [0, 0.1) is 0 Å². The minimum atomic E-state index is -0.674. The van der Waals surface area contributed by atoms with Gasteiger partial charge >= 0.3 is 5.97 Å². The number of carbonyl (C=O) groups is 1. The molecule has 0 aromatic rings. The van der Waals surface area contributed by atoms with E-state index in [9.17, 15) is 4.79 Å². The van der Waals surface area contributed by atoms with E-state index in [2.05, 4.69) is 30.6 Å². The molecule has 0 aliphatic carbocycles. The molecule has 0 radical (unpaired) electrons. The van der Waals surface area contributed by atoms with Crippen molar-refractivity contribution in [3.63, 3.8) is 0 Å². The second kappa shape index (κ2) is 16.4. The first-order valence-electron chi connectivity index (χ1n) is 7.92. The Kier molecular flexibility index (Phi) is 15.8. The molecule has 0 heterocycles. The van der Waals surface area contributed by atoms with Crippen LogP contribution in [0.5, 0.6) is 0 Å². The van der Waals surface area contributed by atoms with Crippen LogP contribution in [0.1, 0.15) is 71.1 Å². The largest absolute Gasteiger partial charge is 0.481 e. The first-order chi connectivity index (χ1) is 9.77. The van der Waals surface area contributed by atoms with E-state index in [1.807, 2.05) is 11.8 Å². The maximum Gasteiger partial charge on any atom is 0.303 e. The molecule has 0 saturated heterocycles. The molecule has 0 aromatic heterocycles. The van der Waals surface area contributed by atoms with E-state index >= 15 is 0 Å². The van der Waals surface area contributed by atoms with Crippen molar-refractivity contribution < 1.29 is 9.90 Å². The molecule has 1 N–H and O–H groups in total. The third-order valence-corrected chi connectivity index (χ3v) is 3.92. The van der Waals surface area contributed by atoms with Crippen molar-refractivity contribution >= 4 is 17.7 Å². The molecular weight excluding hydrogens is 268 g/mol. The Bertz CT molecular complexity index is 272. The van der Waals surface area contributed by atoms with Gasteiger partial charge in [0.2, 0.25) is 0 Å². The predicted molar refractivity (Wildman–Crippen MR) is 90.2 cm³/mol. The molecule has 0 spiro atoms. The lowest BCUT2D eigenvalue weighted by molar-refractivity contribution is -0.137. The van der Waals surface area contributed by atoms with Crippen molar-refractivity contribution in [2.45, 2.75) is 71.1 Å². The highest BCUT2D eigenvalue weighted by Crippen LogP contribution is 2.09. The highest BCUT2D eigenvalue weighted by molar-refractivity contribution is 8.02. The Balaban J connectivity index is 3.19. The van der Waals surface area contributed by atoms with Crippen LogP contribution < -0.4 is 0 Å². The summed E-state index contributed by atoms with van der Waals surface area (Å²) >= 11 is 1.89. The number of carboxylic acids is 1. The van der Waals surface area contributed by atoms with Crippen molar-refractivity contribution in [3.05, 3.63) is 23.6 Å². The highest BCUT2D eigenvalue weighted by Gasteiger charge is 1.95. The van der Waals surface area contributed by atoms with Crippen LogP contribution in [0.2, 0.25) is 0 Å². The number of unbranched alkanes of at least 4 members (excludes halogenated alkanes) is 7. The van der Waals surface area contributed by atoms with Gasteiger partial charge < -0.3 is 5.11 Å². The molecule has 2 nitrogen and oxygen atoms in total. The van der Waals surface area contributed by atoms with E-state index in [1.54, 1.807) is 0 Å². The summed E-state index contributed by atoms with van der Waals surface area (Å²) in [6.07, 6.45) is 17.3. The Morgan fingerprint density at radius 1 is 1.00 bits per heavy atom. The van der Waals surface area contributed by atoms with E-state index in [0.717, 1.165) is 25.7 Å². The van der Waals surface area contributed by atoms with Gasteiger partial charge in [-0.25, -0.2) is 0 Å². The van der Waals surface area contributed by atoms with Crippen LogP contribution in [0.25, 0.3) is 0 Å². The first kappa shape index (κ1) is 19.3. The van der Waals surface area contributed by atoms with Gasteiger partial charge in [-0.15, -0.1) is 11.8 Å². The smallest absolute Gasteiger partial charge is 0.303 e. The number of hydrogen-bond donors (Lipinski definition) is 1. The summed E-state index contributed by atoms with van der Waals surface area (Å²) in [6, 6.07) is 0. The molecule has 0 aliphatic heterocycles. The molecule has 0 atom stereocenters. The number of carboxylic acid groups (broad SMARTS) is 1. The molecule has 20 heavy (non-hydrogen) atoms. The summed E-state index contributed by atoms with van der Waals surface area (Å²) in [4.78, 5) is 10.3. The van der Waals surface area contributed by atoms with E-state index in [4.69, 9.17) is 5.11 Å². The van der Waals surface area contributed by atoms with E-state index in [-0.39, 0.29) is 0 Å². The molecule has 116 valence electrons. The van der Waals surface area contributed by atoms with E-state index < -0.39 is 5.97 Å². The second-order valence-electron chi connectivity index (χ2n) is 5.03. The number of thioether (sulfide) groups is 1. The van der Waals surface area contributed by atoms with Gasteiger partial charge in [-0.3, -0.25) is 4.79 Å². The minimum absolute atomic E-state index is 0.320. The summed E-state index contributed by atoms with van der Waals surface area (Å²) in [5, 5.41) is 10.7. The third-order valence-electron chi connectivity index (χ3n) is 3.05. The van der Waals surface area contributed by atoms with Crippen molar-refractivity contribution in [2.24, 2.45) is 0 Å². The number of hydrogen-bond acceptors (Lipinski definition) is 2. The maximum atomic E-state index is 10.3. The van der Waals surface area contributed by atoms with Crippen molar-refractivity contribution in [1.29, 1.82) is 0 Å². The van der Waals surface area contributed by atoms with Crippen LogP contribution in [0.3, 0.4) is 0 Å². The average molecular weight is 298 g/mol. The fourth-order valence-corrected chi connectivity index (χ4v) is 2.56. The molecule has 0 fully saturated rings. The van der Waals surface area contributed by atoms with Crippen LogP contribution in [-0.4, -0.2) is 16.8 Å². The summed E-state index contributed by atoms with van der Waals surface area (Å²) in [5.74, 6) is 0.557. The van der Waals surface area contributed by atoms with Gasteiger partial charge in [0.15, 0.2) is 0 Å². The van der Waals surface area contributed by atoms with E-state index in [0.29, 0.717) is 6.42 Å². The zero-order valence-electron chi connectivity index (χ0n) is 12.9. The average Bonchev–Trinajstić information content (AvgIpc) is 2.43. The molecule has 0 unspecified atom stereocenters.